The summed E-state index contributed by atoms with van der Waals surface area (Å²) in [7, 11) is 0. The lowest BCUT2D eigenvalue weighted by atomic mass is 9.98. The van der Waals surface area contributed by atoms with Crippen molar-refractivity contribution in [2.24, 2.45) is 0 Å². The number of ether oxygens (including phenoxy) is 1. The van der Waals surface area contributed by atoms with Crippen LogP contribution in [0.3, 0.4) is 0 Å². The zero-order chi connectivity index (χ0) is 21.9. The Kier molecular flexibility index (Phi) is 7.55. The number of rotatable bonds is 7. The molecule has 2 atom stereocenters. The van der Waals surface area contributed by atoms with Crippen LogP contribution < -0.4 is 0 Å². The van der Waals surface area contributed by atoms with Crippen molar-refractivity contribution in [3.05, 3.63) is 45.0 Å². The number of phenolic OH excluding ortho intramolecular Hbond substituents is 2. The second-order valence-electron chi connectivity index (χ2n) is 8.35. The minimum Gasteiger partial charge on any atom is -0.507 e. The van der Waals surface area contributed by atoms with E-state index in [1.807, 2.05) is 33.8 Å². The standard InChI is InChI=1S/C23H31ClO5/c1-13(7-6-8-14(2)18-11-19(26)23(4,5)29-18)9-10-16-21(27)17(12-25)15(3)20(24)22(16)28/h8-9,12,18-19,26-28H,6-7,10-11H2,1-5H3/b13-9+,14-8+/t18-,19?/m1/s1. The first-order valence-corrected chi connectivity index (χ1v) is 10.2. The SMILES string of the molecule is C/C(=C\Cc1c(O)c(Cl)c(C)c(C=O)c1O)CC/C=C(\C)[C@H]1CC(O)C(C)(C)O1. The van der Waals surface area contributed by atoms with Crippen LogP contribution >= 0.6 is 11.6 Å². The lowest BCUT2D eigenvalue weighted by Gasteiger charge is -2.22. The van der Waals surface area contributed by atoms with Gasteiger partial charge in [-0.05, 0) is 65.0 Å². The lowest BCUT2D eigenvalue weighted by Crippen LogP contribution is -2.31. The third-order valence-electron chi connectivity index (χ3n) is 5.74. The number of halogens is 1. The molecule has 0 spiro atoms. The van der Waals surface area contributed by atoms with E-state index in [0.29, 0.717) is 18.3 Å². The number of hydrogen-bond acceptors (Lipinski definition) is 5. The second kappa shape index (κ2) is 9.33. The average Bonchev–Trinajstić information content (AvgIpc) is 2.93. The van der Waals surface area contributed by atoms with Crippen LogP contribution in [0.15, 0.2) is 23.3 Å². The van der Waals surface area contributed by atoms with E-state index in [9.17, 15) is 20.1 Å². The fourth-order valence-corrected chi connectivity index (χ4v) is 3.73. The third kappa shape index (κ3) is 5.21. The first-order valence-electron chi connectivity index (χ1n) is 9.85. The molecule has 5 nitrogen and oxygen atoms in total. The van der Waals surface area contributed by atoms with Gasteiger partial charge in [0.1, 0.15) is 11.5 Å². The summed E-state index contributed by atoms with van der Waals surface area (Å²) in [4.78, 5) is 11.2. The molecule has 1 saturated heterocycles. The number of aliphatic hydroxyl groups excluding tert-OH is 1. The van der Waals surface area contributed by atoms with Gasteiger partial charge in [-0.1, -0.05) is 29.3 Å². The van der Waals surface area contributed by atoms with E-state index in [2.05, 4.69) is 6.08 Å². The summed E-state index contributed by atoms with van der Waals surface area (Å²) >= 11 is 6.09. The summed E-state index contributed by atoms with van der Waals surface area (Å²) < 4.78 is 5.93. The molecule has 29 heavy (non-hydrogen) atoms. The van der Waals surface area contributed by atoms with Crippen LogP contribution in [-0.2, 0) is 11.2 Å². The van der Waals surface area contributed by atoms with Gasteiger partial charge in [0, 0.05) is 12.0 Å². The summed E-state index contributed by atoms with van der Waals surface area (Å²) in [6.45, 7) is 9.38. The van der Waals surface area contributed by atoms with E-state index < -0.39 is 11.7 Å². The Morgan fingerprint density at radius 2 is 1.90 bits per heavy atom. The van der Waals surface area contributed by atoms with Crippen molar-refractivity contribution in [3.8, 4) is 11.5 Å². The van der Waals surface area contributed by atoms with Crippen molar-refractivity contribution in [2.45, 2.75) is 78.1 Å². The van der Waals surface area contributed by atoms with Gasteiger partial charge in [0.05, 0.1) is 28.4 Å². The molecule has 0 amide bonds. The van der Waals surface area contributed by atoms with Crippen molar-refractivity contribution in [1.82, 2.24) is 0 Å². The predicted molar refractivity (Wildman–Crippen MR) is 115 cm³/mol. The molecular formula is C23H31ClO5. The number of aromatic hydroxyl groups is 2. The van der Waals surface area contributed by atoms with Crippen molar-refractivity contribution >= 4 is 17.9 Å². The quantitative estimate of drug-likeness (QED) is 0.424. The highest BCUT2D eigenvalue weighted by Gasteiger charge is 2.40. The van der Waals surface area contributed by atoms with E-state index in [1.165, 1.54) is 0 Å². The van der Waals surface area contributed by atoms with Gasteiger partial charge < -0.3 is 20.1 Å². The number of phenols is 2. The van der Waals surface area contributed by atoms with Crippen LogP contribution in [0.5, 0.6) is 11.5 Å². The molecule has 1 aliphatic rings. The van der Waals surface area contributed by atoms with E-state index >= 15 is 0 Å². The fourth-order valence-electron chi connectivity index (χ4n) is 3.51. The van der Waals surface area contributed by atoms with Crippen LogP contribution in [0, 0.1) is 6.92 Å². The molecule has 1 aromatic carbocycles. The summed E-state index contributed by atoms with van der Waals surface area (Å²) in [5.41, 5.74) is 2.40. The second-order valence-corrected chi connectivity index (χ2v) is 8.73. The Bertz CT molecular complexity index is 838. The van der Waals surface area contributed by atoms with Gasteiger partial charge in [-0.3, -0.25) is 4.79 Å². The highest BCUT2D eigenvalue weighted by molar-refractivity contribution is 6.33. The maximum Gasteiger partial charge on any atom is 0.154 e. The maximum absolute atomic E-state index is 11.2. The Morgan fingerprint density at radius 1 is 1.24 bits per heavy atom. The molecule has 0 aromatic heterocycles. The van der Waals surface area contributed by atoms with E-state index in [1.54, 1.807) is 6.92 Å². The van der Waals surface area contributed by atoms with Gasteiger partial charge >= 0.3 is 0 Å². The van der Waals surface area contributed by atoms with Crippen LogP contribution in [0.4, 0.5) is 0 Å². The molecule has 1 fully saturated rings. The Hall–Kier alpha value is -1.82. The molecule has 6 heteroatoms. The summed E-state index contributed by atoms with van der Waals surface area (Å²) in [6.07, 6.45) is 6.57. The molecule has 3 N–H and O–H groups in total. The van der Waals surface area contributed by atoms with Crippen molar-refractivity contribution < 1.29 is 24.9 Å². The number of carbonyl (C=O) groups is 1. The molecule has 1 aromatic rings. The minimum absolute atomic E-state index is 0.0605. The van der Waals surface area contributed by atoms with E-state index in [0.717, 1.165) is 24.0 Å². The maximum atomic E-state index is 11.2. The molecular weight excluding hydrogens is 392 g/mol. The van der Waals surface area contributed by atoms with Crippen LogP contribution in [0.1, 0.15) is 68.4 Å². The summed E-state index contributed by atoms with van der Waals surface area (Å²) in [5, 5.41) is 30.7. The van der Waals surface area contributed by atoms with Crippen molar-refractivity contribution in [2.75, 3.05) is 0 Å². The van der Waals surface area contributed by atoms with Gasteiger partial charge in [-0.15, -0.1) is 0 Å². The monoisotopic (exact) mass is 422 g/mol. The normalized spacial score (nSPS) is 22.2. The van der Waals surface area contributed by atoms with Gasteiger partial charge in [0.2, 0.25) is 0 Å². The number of carbonyl (C=O) groups excluding carboxylic acids is 1. The van der Waals surface area contributed by atoms with Gasteiger partial charge in [-0.25, -0.2) is 0 Å². The molecule has 1 heterocycles. The van der Waals surface area contributed by atoms with Gasteiger partial charge in [0.25, 0.3) is 0 Å². The number of hydrogen-bond donors (Lipinski definition) is 3. The first kappa shape index (κ1) is 23.5. The summed E-state index contributed by atoms with van der Waals surface area (Å²) in [6, 6.07) is 0. The Labute approximate surface area is 177 Å². The van der Waals surface area contributed by atoms with E-state index in [4.69, 9.17) is 16.3 Å². The first-order chi connectivity index (χ1) is 13.5. The van der Waals surface area contributed by atoms with Crippen molar-refractivity contribution in [3.63, 3.8) is 0 Å². The molecule has 0 aliphatic carbocycles. The Morgan fingerprint density at radius 3 is 2.45 bits per heavy atom. The molecule has 0 radical (unpaired) electrons. The van der Waals surface area contributed by atoms with Gasteiger partial charge in [-0.2, -0.15) is 0 Å². The third-order valence-corrected chi connectivity index (χ3v) is 6.20. The van der Waals surface area contributed by atoms with E-state index in [-0.39, 0.29) is 40.2 Å². The molecule has 2 rings (SSSR count). The molecule has 160 valence electrons. The number of aldehydes is 1. The summed E-state index contributed by atoms with van der Waals surface area (Å²) in [5.74, 6) is -0.412. The van der Waals surface area contributed by atoms with Gasteiger partial charge in [0.15, 0.2) is 6.29 Å². The highest BCUT2D eigenvalue weighted by atomic mass is 35.5. The van der Waals surface area contributed by atoms with Crippen LogP contribution in [0.25, 0.3) is 0 Å². The smallest absolute Gasteiger partial charge is 0.154 e. The molecule has 1 aliphatic heterocycles. The highest BCUT2D eigenvalue weighted by Crippen LogP contribution is 2.40. The topological polar surface area (TPSA) is 87.0 Å². The fraction of sp³-hybridized carbons (Fsp3) is 0.522. The zero-order valence-corrected chi connectivity index (χ0v) is 18.5. The van der Waals surface area contributed by atoms with Crippen molar-refractivity contribution in [1.29, 1.82) is 0 Å². The zero-order valence-electron chi connectivity index (χ0n) is 17.8. The average molecular weight is 423 g/mol. The molecule has 1 unspecified atom stereocenters. The molecule has 0 saturated carbocycles. The minimum atomic E-state index is -0.519. The number of allylic oxidation sites excluding steroid dienone is 3. The number of benzene rings is 1. The van der Waals surface area contributed by atoms with Crippen LogP contribution in [-0.4, -0.2) is 39.4 Å². The Balaban J connectivity index is 2.02. The van der Waals surface area contributed by atoms with Crippen LogP contribution in [0.2, 0.25) is 5.02 Å². The largest absolute Gasteiger partial charge is 0.507 e. The predicted octanol–water partition coefficient (Wildman–Crippen LogP) is 5.02. The number of aliphatic hydroxyl groups is 1. The lowest BCUT2D eigenvalue weighted by molar-refractivity contribution is -0.0472. The molecule has 0 bridgehead atoms.